The van der Waals surface area contributed by atoms with E-state index < -0.39 is 11.9 Å². The van der Waals surface area contributed by atoms with Crippen molar-refractivity contribution < 1.29 is 24.2 Å². The van der Waals surface area contributed by atoms with Crippen molar-refractivity contribution in [2.24, 2.45) is 0 Å². The first-order valence-electron chi connectivity index (χ1n) is 10.8. The first kappa shape index (κ1) is 23.1. The van der Waals surface area contributed by atoms with Crippen molar-refractivity contribution >= 4 is 46.0 Å². The molecule has 1 aliphatic heterocycles. The van der Waals surface area contributed by atoms with E-state index in [9.17, 15) is 14.7 Å². The quantitative estimate of drug-likeness (QED) is 0.314. The largest absolute Gasteiger partial charge is 0.493 e. The van der Waals surface area contributed by atoms with Crippen LogP contribution < -0.4 is 9.47 Å². The Hall–Kier alpha value is -3.68. The highest BCUT2D eigenvalue weighted by molar-refractivity contribution is 6.32. The summed E-state index contributed by atoms with van der Waals surface area (Å²) in [6.45, 7) is 0.302. The van der Waals surface area contributed by atoms with Gasteiger partial charge in [0.25, 0.3) is 0 Å². The Morgan fingerprint density at radius 1 is 1.06 bits per heavy atom. The molecule has 1 atom stereocenters. The van der Waals surface area contributed by atoms with Gasteiger partial charge in [0.05, 0.1) is 40.7 Å². The topological polar surface area (TPSA) is 98.6 Å². The van der Waals surface area contributed by atoms with Gasteiger partial charge in [-0.05, 0) is 55.0 Å². The lowest BCUT2D eigenvalue weighted by atomic mass is 9.93. The number of hydrogen-bond acceptors (Lipinski definition) is 6. The van der Waals surface area contributed by atoms with Gasteiger partial charge in [-0.25, -0.2) is 4.98 Å². The second kappa shape index (κ2) is 9.52. The number of carboxylic acid groups (broad SMARTS) is 1. The fourth-order valence-electron chi connectivity index (χ4n) is 3.93. The molecule has 3 aromatic carbocycles. The molecular formula is C26H18Cl2N2O5. The van der Waals surface area contributed by atoms with Crippen LogP contribution in [0.15, 0.2) is 60.8 Å². The van der Waals surface area contributed by atoms with Crippen LogP contribution in [0.4, 0.5) is 0 Å². The summed E-state index contributed by atoms with van der Waals surface area (Å²) in [6, 6.07) is 15.0. The lowest BCUT2D eigenvalue weighted by Gasteiger charge is -2.24. The zero-order chi connectivity index (χ0) is 24.5. The average molecular weight is 509 g/mol. The van der Waals surface area contributed by atoms with Gasteiger partial charge < -0.3 is 14.6 Å². The number of nitrogens with zero attached hydrogens (tertiary/aromatic N) is 2. The van der Waals surface area contributed by atoms with E-state index >= 15 is 0 Å². The van der Waals surface area contributed by atoms with Crippen LogP contribution in [0.25, 0.3) is 11.0 Å². The number of ether oxygens (including phenoxy) is 2. The number of halogens is 2. The minimum atomic E-state index is -0.919. The van der Waals surface area contributed by atoms with Gasteiger partial charge >= 0.3 is 5.97 Å². The summed E-state index contributed by atoms with van der Waals surface area (Å²) in [5.74, 6) is -0.465. The molecule has 0 saturated heterocycles. The number of hydrogen-bond donors (Lipinski definition) is 1. The van der Waals surface area contributed by atoms with E-state index in [1.54, 1.807) is 60.8 Å². The van der Waals surface area contributed by atoms with Crippen LogP contribution in [0.2, 0.25) is 10.0 Å². The van der Waals surface area contributed by atoms with Crippen molar-refractivity contribution in [1.82, 2.24) is 9.97 Å². The minimum absolute atomic E-state index is 0.0917. The fourth-order valence-corrected chi connectivity index (χ4v) is 4.31. The summed E-state index contributed by atoms with van der Waals surface area (Å²) >= 11 is 12.4. The van der Waals surface area contributed by atoms with Crippen molar-refractivity contribution in [3.8, 4) is 17.2 Å². The molecule has 0 aliphatic carbocycles. The smallest absolute Gasteiger partial charge is 0.311 e. The molecule has 0 radical (unpaired) electrons. The molecule has 35 heavy (non-hydrogen) atoms. The monoisotopic (exact) mass is 508 g/mol. The van der Waals surface area contributed by atoms with Crippen molar-refractivity contribution in [2.75, 3.05) is 6.61 Å². The number of carbonyl (C=O) groups excluding carboxylic acids is 1. The normalized spacial score (nSPS) is 14.7. The van der Waals surface area contributed by atoms with E-state index in [2.05, 4.69) is 9.97 Å². The molecule has 0 amide bonds. The molecule has 0 fully saturated rings. The molecule has 1 unspecified atom stereocenters. The molecule has 5 rings (SSSR count). The Morgan fingerprint density at radius 3 is 2.63 bits per heavy atom. The van der Waals surface area contributed by atoms with Crippen LogP contribution >= 0.6 is 23.2 Å². The van der Waals surface area contributed by atoms with Gasteiger partial charge in [0.15, 0.2) is 5.78 Å². The van der Waals surface area contributed by atoms with Crippen molar-refractivity contribution in [2.45, 2.75) is 18.8 Å². The maximum absolute atomic E-state index is 12.8. The van der Waals surface area contributed by atoms with Crippen LogP contribution in [0, 0.1) is 0 Å². The molecule has 7 nitrogen and oxygen atoms in total. The summed E-state index contributed by atoms with van der Waals surface area (Å²) in [5, 5.41) is 10.3. The van der Waals surface area contributed by atoms with Crippen molar-refractivity contribution in [3.63, 3.8) is 0 Å². The lowest BCUT2D eigenvalue weighted by Crippen LogP contribution is -2.20. The van der Waals surface area contributed by atoms with Gasteiger partial charge in [-0.1, -0.05) is 23.2 Å². The van der Waals surface area contributed by atoms with E-state index in [0.29, 0.717) is 63.2 Å². The summed E-state index contributed by atoms with van der Waals surface area (Å²) in [7, 11) is 0. The molecule has 176 valence electrons. The zero-order valence-corrected chi connectivity index (χ0v) is 19.7. The predicted octanol–water partition coefficient (Wildman–Crippen LogP) is 6.11. The number of aromatic nitrogens is 2. The number of aliphatic carboxylic acids is 1. The highest BCUT2D eigenvalue weighted by Gasteiger charge is 2.29. The summed E-state index contributed by atoms with van der Waals surface area (Å²) in [4.78, 5) is 33.1. The van der Waals surface area contributed by atoms with Gasteiger partial charge in [-0.15, -0.1) is 0 Å². The van der Waals surface area contributed by atoms with Crippen LogP contribution in [-0.2, 0) is 11.2 Å². The number of fused-ring (bicyclic) bond motifs is 2. The second-order valence-corrected chi connectivity index (χ2v) is 8.91. The maximum Gasteiger partial charge on any atom is 0.311 e. The molecule has 9 heteroatoms. The molecule has 0 saturated carbocycles. The molecular weight excluding hydrogens is 491 g/mol. The Labute approximate surface area is 210 Å². The van der Waals surface area contributed by atoms with Crippen LogP contribution in [-0.4, -0.2) is 33.4 Å². The van der Waals surface area contributed by atoms with E-state index in [0.717, 1.165) is 0 Å². The summed E-state index contributed by atoms with van der Waals surface area (Å²) < 4.78 is 11.5. The summed E-state index contributed by atoms with van der Waals surface area (Å²) in [5.41, 5.74) is 2.91. The Bertz CT molecular complexity index is 1460. The third-order valence-electron chi connectivity index (χ3n) is 5.70. The number of carbonyl (C=O) groups is 2. The van der Waals surface area contributed by atoms with E-state index in [1.165, 1.54) is 0 Å². The Kier molecular flexibility index (Phi) is 6.28. The lowest BCUT2D eigenvalue weighted by molar-refractivity contribution is -0.139. The standard InChI is InChI=1S/C26H18Cl2N2O5/c27-15-3-6-21-22(9-15)30-16(13-29-21)10-23(31)14-1-4-17(5-2-14)35-25-12-24-19(11-20(25)28)18(26(32)33)7-8-34-24/h1-6,9,11-13,18H,7-8,10H2,(H,32,33). The predicted molar refractivity (Wildman–Crippen MR) is 131 cm³/mol. The highest BCUT2D eigenvalue weighted by Crippen LogP contribution is 2.41. The van der Waals surface area contributed by atoms with Crippen molar-refractivity contribution in [1.29, 1.82) is 0 Å². The third-order valence-corrected chi connectivity index (χ3v) is 6.23. The van der Waals surface area contributed by atoms with E-state index in [4.69, 9.17) is 32.7 Å². The second-order valence-electron chi connectivity index (χ2n) is 8.07. The van der Waals surface area contributed by atoms with E-state index in [1.807, 2.05) is 0 Å². The molecule has 1 aliphatic rings. The first-order chi connectivity index (χ1) is 16.9. The molecule has 1 N–H and O–H groups in total. The number of benzene rings is 3. The maximum atomic E-state index is 12.8. The van der Waals surface area contributed by atoms with Crippen LogP contribution in [0.1, 0.15) is 34.0 Å². The minimum Gasteiger partial charge on any atom is -0.493 e. The van der Waals surface area contributed by atoms with Crippen molar-refractivity contribution in [3.05, 3.63) is 87.7 Å². The number of Topliss-reactive ketones (excluding diaryl/α,β-unsaturated/α-hetero) is 1. The molecule has 4 aromatic rings. The number of ketones is 1. The molecule has 0 spiro atoms. The Morgan fingerprint density at radius 2 is 1.86 bits per heavy atom. The van der Waals surface area contributed by atoms with Gasteiger partial charge in [-0.3, -0.25) is 14.6 Å². The average Bonchev–Trinajstić information content (AvgIpc) is 2.84. The van der Waals surface area contributed by atoms with Crippen LogP contribution in [0.3, 0.4) is 0 Å². The molecule has 2 heterocycles. The van der Waals surface area contributed by atoms with Crippen LogP contribution in [0.5, 0.6) is 17.2 Å². The SMILES string of the molecule is O=C(Cc1cnc2ccc(Cl)cc2n1)c1ccc(Oc2cc3c(cc2Cl)C(C(=O)O)CCO3)cc1. The van der Waals surface area contributed by atoms with Gasteiger partial charge in [0, 0.05) is 28.4 Å². The van der Waals surface area contributed by atoms with Gasteiger partial charge in [0.2, 0.25) is 0 Å². The molecule has 1 aromatic heterocycles. The third kappa shape index (κ3) is 4.92. The summed E-state index contributed by atoms with van der Waals surface area (Å²) in [6.07, 6.45) is 2.06. The highest BCUT2D eigenvalue weighted by atomic mass is 35.5. The van der Waals surface area contributed by atoms with Gasteiger partial charge in [-0.2, -0.15) is 0 Å². The zero-order valence-electron chi connectivity index (χ0n) is 18.2. The van der Waals surface area contributed by atoms with Gasteiger partial charge in [0.1, 0.15) is 17.2 Å². The number of carboxylic acids is 1. The molecule has 0 bridgehead atoms. The fraction of sp³-hybridized carbons (Fsp3) is 0.154. The number of rotatable bonds is 6. The van der Waals surface area contributed by atoms with E-state index in [-0.39, 0.29) is 17.2 Å². The first-order valence-corrected chi connectivity index (χ1v) is 11.5. The Balaban J connectivity index is 1.30.